The van der Waals surface area contributed by atoms with Gasteiger partial charge in [-0.3, -0.25) is 47.9 Å². The molecule has 0 radical (unpaired) electrons. The van der Waals surface area contributed by atoms with E-state index in [0.29, 0.717) is 34.7 Å². The minimum atomic E-state index is -0.824. The van der Waals surface area contributed by atoms with Gasteiger partial charge in [-0.1, -0.05) is 0 Å². The molecule has 0 amide bonds. The summed E-state index contributed by atoms with van der Waals surface area (Å²) in [5.41, 5.74) is -2.16. The van der Waals surface area contributed by atoms with Crippen LogP contribution in [0.3, 0.4) is 0 Å². The highest BCUT2D eigenvalue weighted by atomic mass is 16.6. The number of carbonyl (C=O) groups is 12. The van der Waals surface area contributed by atoms with Crippen molar-refractivity contribution in [2.45, 2.75) is 32.1 Å². The van der Waals surface area contributed by atoms with Gasteiger partial charge in [0.15, 0.2) is 11.6 Å². The Bertz CT molecular complexity index is 3050. The number of esters is 6. The number of fused-ring (bicyclic) bond motifs is 11. The highest BCUT2D eigenvalue weighted by Crippen LogP contribution is 2.55. The third-order valence-corrected chi connectivity index (χ3v) is 13.4. The Hall–Kier alpha value is -8.36. The number of furan rings is 2. The predicted molar refractivity (Wildman–Crippen MR) is 209 cm³/mol. The third-order valence-electron chi connectivity index (χ3n) is 13.4. The van der Waals surface area contributed by atoms with E-state index in [1.807, 2.05) is 0 Å². The number of benzene rings is 3. The van der Waals surface area contributed by atoms with Crippen LogP contribution in [0.25, 0.3) is 32.3 Å². The van der Waals surface area contributed by atoms with Crippen molar-refractivity contribution < 1.29 is 80.6 Å². The van der Waals surface area contributed by atoms with Crippen LogP contribution in [-0.4, -0.2) is 70.5 Å². The molecule has 13 rings (SSSR count). The van der Waals surface area contributed by atoms with Gasteiger partial charge in [0.1, 0.15) is 23.1 Å². The number of ketones is 6. The number of ether oxygens (including phenoxy) is 3. The monoisotopic (exact) mass is 900 g/mol. The van der Waals surface area contributed by atoms with E-state index >= 15 is 0 Å². The smallest absolute Gasteiger partial charge is 0.346 e. The average molecular weight is 901 g/mol. The topological polar surface area (TPSA) is 327 Å². The molecule has 5 aromatic rings. The Morgan fingerprint density at radius 1 is 0.333 bits per heavy atom. The predicted octanol–water partition coefficient (Wildman–Crippen LogP) is 0.375. The molecule has 0 N–H and O–H groups in total. The molecule has 21 nitrogen and oxygen atoms in total. The minimum absolute atomic E-state index is 0.0181. The fourth-order valence-corrected chi connectivity index (χ4v) is 10.2. The van der Waals surface area contributed by atoms with Crippen molar-refractivity contribution in [2.75, 3.05) is 0 Å². The summed E-state index contributed by atoms with van der Waals surface area (Å²) in [6.45, 7) is 0. The highest BCUT2D eigenvalue weighted by Gasteiger charge is 2.70. The molecule has 5 heterocycles. The van der Waals surface area contributed by atoms with E-state index < -0.39 is 93.8 Å². The summed E-state index contributed by atoms with van der Waals surface area (Å²) < 4.78 is 22.2. The van der Waals surface area contributed by atoms with E-state index in [9.17, 15) is 76.7 Å². The summed E-state index contributed by atoms with van der Waals surface area (Å²) in [7, 11) is 0. The molecule has 6 fully saturated rings. The molecule has 0 bridgehead atoms. The molecule has 5 aliphatic carbocycles. The van der Waals surface area contributed by atoms with Gasteiger partial charge in [0, 0.05) is 34.8 Å². The zero-order valence-corrected chi connectivity index (χ0v) is 33.2. The summed E-state index contributed by atoms with van der Waals surface area (Å²) in [6, 6.07) is 8.52. The summed E-state index contributed by atoms with van der Waals surface area (Å²) >= 11 is 0. The second kappa shape index (κ2) is 14.6. The third kappa shape index (κ3) is 6.20. The maximum atomic E-state index is 11.7. The van der Waals surface area contributed by atoms with E-state index in [1.54, 1.807) is 12.1 Å². The molecule has 2 aromatic heterocycles. The Morgan fingerprint density at radius 2 is 0.682 bits per heavy atom. The lowest BCUT2D eigenvalue weighted by molar-refractivity contribution is -0.155. The van der Waals surface area contributed by atoms with Crippen molar-refractivity contribution in [3.63, 3.8) is 0 Å². The van der Waals surface area contributed by atoms with Crippen molar-refractivity contribution in [3.8, 4) is 0 Å². The quantitative estimate of drug-likeness (QED) is 0.115. The standard InChI is InChI=1S/C15H6O5.C11H10O5.C10H2O6.C9H6O5/c16-12-5-13(17)9-2-7-4-11-10(14(18)20-15(11)19)3-6(7)1-8(9)12;12-8-3-9(13)5-2-7-6(1-4(5)8)10(14)16-11(7)15;11-7-3-1-4-6(10(14)16-8(4)12)2-5(3)9(13)15-7;10-2-1-3(11)5-4(2)6-7(5)9(13)14-8(6)12/h1-4H,5H2;4-7H,1-3H2;1-2H;4-7H,1H2. The van der Waals surface area contributed by atoms with Crippen molar-refractivity contribution >= 4 is 103 Å². The van der Waals surface area contributed by atoms with Crippen molar-refractivity contribution in [1.82, 2.24) is 0 Å². The summed E-state index contributed by atoms with van der Waals surface area (Å²) in [4.78, 5) is 182. The Balaban J connectivity index is 0.000000104. The maximum absolute atomic E-state index is 11.7. The van der Waals surface area contributed by atoms with Gasteiger partial charge in [-0.05, 0) is 60.0 Å². The molecular weight excluding hydrogens is 876 g/mol. The van der Waals surface area contributed by atoms with Crippen LogP contribution >= 0.6 is 0 Å². The molecular formula is C45H24O21. The molecule has 3 aliphatic heterocycles. The first-order valence-electron chi connectivity index (χ1n) is 20.1. The van der Waals surface area contributed by atoms with E-state index in [-0.39, 0.29) is 98.5 Å². The fraction of sp³-hybridized carbons (Fsp3) is 0.289. The molecule has 3 aromatic carbocycles. The van der Waals surface area contributed by atoms with Gasteiger partial charge in [-0.2, -0.15) is 0 Å². The van der Waals surface area contributed by atoms with Crippen LogP contribution < -0.4 is 22.5 Å². The zero-order valence-electron chi connectivity index (χ0n) is 33.2. The van der Waals surface area contributed by atoms with Gasteiger partial charge < -0.3 is 23.0 Å². The second-order valence-electron chi connectivity index (χ2n) is 16.8. The van der Waals surface area contributed by atoms with Crippen LogP contribution in [0, 0.1) is 47.3 Å². The second-order valence-corrected chi connectivity index (χ2v) is 16.8. The van der Waals surface area contributed by atoms with Crippen molar-refractivity contribution in [3.05, 3.63) is 100 Å². The van der Waals surface area contributed by atoms with Gasteiger partial charge >= 0.3 is 58.3 Å². The van der Waals surface area contributed by atoms with Crippen molar-refractivity contribution in [2.24, 2.45) is 47.3 Å². The van der Waals surface area contributed by atoms with E-state index in [4.69, 9.17) is 0 Å². The van der Waals surface area contributed by atoms with E-state index in [2.05, 4.69) is 23.0 Å². The highest BCUT2D eigenvalue weighted by molar-refractivity contribution is 6.26. The molecule has 21 heteroatoms. The molecule has 8 unspecified atom stereocenters. The molecule has 66 heavy (non-hydrogen) atoms. The zero-order chi connectivity index (χ0) is 46.9. The number of hydrogen-bond donors (Lipinski definition) is 0. The molecule has 8 aliphatic rings. The summed E-state index contributed by atoms with van der Waals surface area (Å²) in [6.07, 6.45) is 0.349. The first-order chi connectivity index (χ1) is 31.3. The van der Waals surface area contributed by atoms with Crippen LogP contribution in [0.2, 0.25) is 0 Å². The van der Waals surface area contributed by atoms with Gasteiger partial charge in [-0.15, -0.1) is 0 Å². The van der Waals surface area contributed by atoms with Crippen LogP contribution in [0.4, 0.5) is 0 Å². The Labute approximate surface area is 362 Å². The van der Waals surface area contributed by atoms with E-state index in [1.165, 1.54) is 12.1 Å². The lowest BCUT2D eigenvalue weighted by Crippen LogP contribution is -2.50. The molecule has 8 atom stereocenters. The Morgan fingerprint density at radius 3 is 1.08 bits per heavy atom. The minimum Gasteiger partial charge on any atom is -0.393 e. The van der Waals surface area contributed by atoms with Crippen LogP contribution in [0.15, 0.2) is 64.4 Å². The number of cyclic esters (lactones) is 6. The summed E-state index contributed by atoms with van der Waals surface area (Å²) in [5.74, 6) is -8.87. The van der Waals surface area contributed by atoms with Gasteiger partial charge in [0.2, 0.25) is 0 Å². The number of Topliss-reactive ketones (excluding diaryl/α,β-unsaturated/α-hetero) is 6. The van der Waals surface area contributed by atoms with Gasteiger partial charge in [0.25, 0.3) is 0 Å². The lowest BCUT2D eigenvalue weighted by atomic mass is 9.59. The first-order valence-corrected chi connectivity index (χ1v) is 20.1. The maximum Gasteiger partial charge on any atom is 0.346 e. The molecule has 2 saturated heterocycles. The van der Waals surface area contributed by atoms with Gasteiger partial charge in [-0.25, -0.2) is 28.8 Å². The number of hydrogen-bond acceptors (Lipinski definition) is 21. The molecule has 0 spiro atoms. The van der Waals surface area contributed by atoms with Crippen LogP contribution in [-0.2, 0) is 52.6 Å². The van der Waals surface area contributed by atoms with E-state index in [0.717, 1.165) is 12.1 Å². The number of carbonyl (C=O) groups excluding carboxylic acids is 12. The Kier molecular flexibility index (Phi) is 9.20. The molecule has 330 valence electrons. The SMILES string of the molecule is O=C1CC(=O)C2C1C1C(=O)OC(=O)C21.O=C1CC(=O)C2CC3C(=O)OC(=O)C3CC12.O=C1CC(=O)c2cc3cc4c(cc3cc21)C(=O)OC4=O.O=c1oc(=O)c2cc3c(=O)oc(=O)c3cc12. The van der Waals surface area contributed by atoms with Crippen LogP contribution in [0.5, 0.6) is 0 Å². The average Bonchev–Trinajstić information content (AvgIpc) is 4.10. The van der Waals surface area contributed by atoms with Gasteiger partial charge in [0.05, 0.1) is 75.6 Å². The fourth-order valence-electron chi connectivity index (χ4n) is 10.2. The van der Waals surface area contributed by atoms with Crippen molar-refractivity contribution in [1.29, 1.82) is 0 Å². The number of rotatable bonds is 0. The lowest BCUT2D eigenvalue weighted by Gasteiger charge is -2.36. The largest absolute Gasteiger partial charge is 0.393 e. The molecule has 4 saturated carbocycles. The first kappa shape index (κ1) is 41.6. The van der Waals surface area contributed by atoms with Crippen LogP contribution in [0.1, 0.15) is 73.5 Å². The normalized spacial score (nSPS) is 27.5. The summed E-state index contributed by atoms with van der Waals surface area (Å²) in [5, 5.41) is 1.20.